The van der Waals surface area contributed by atoms with Crippen LogP contribution in [0.2, 0.25) is 0 Å². The number of rotatable bonds is 9. The smallest absolute Gasteiger partial charge is 0.266 e. The SMILES string of the molecule is CC(CCC(=O)N(CCO)CCS(=O)(=O)O)C1CCC2C3CCC4CC(=O)CCC4(C)C3CCC12C. The molecule has 4 aliphatic rings. The summed E-state index contributed by atoms with van der Waals surface area (Å²) in [6, 6.07) is 0. The van der Waals surface area contributed by atoms with Crippen LogP contribution in [-0.2, 0) is 19.7 Å². The van der Waals surface area contributed by atoms with Crippen LogP contribution in [0.5, 0.6) is 0 Å². The number of nitrogens with zero attached hydrogens (tertiary/aromatic N) is 1. The number of carbonyl (C=O) groups is 2. The van der Waals surface area contributed by atoms with Gasteiger partial charge >= 0.3 is 0 Å². The highest BCUT2D eigenvalue weighted by molar-refractivity contribution is 7.85. The van der Waals surface area contributed by atoms with Gasteiger partial charge in [-0.15, -0.1) is 0 Å². The van der Waals surface area contributed by atoms with Crippen molar-refractivity contribution in [2.45, 2.75) is 91.4 Å². The van der Waals surface area contributed by atoms with Gasteiger partial charge in [-0.2, -0.15) is 8.42 Å². The number of Topliss-reactive ketones (excluding diaryl/α,β-unsaturated/α-hetero) is 1. The molecular weight excluding hydrogens is 478 g/mol. The molecule has 36 heavy (non-hydrogen) atoms. The molecule has 8 heteroatoms. The minimum Gasteiger partial charge on any atom is -0.395 e. The Hall–Kier alpha value is -0.990. The third-order valence-corrected chi connectivity index (χ3v) is 12.1. The number of amides is 1. The van der Waals surface area contributed by atoms with E-state index in [0.29, 0.717) is 40.8 Å². The number of carbonyl (C=O) groups excluding carboxylic acids is 2. The van der Waals surface area contributed by atoms with Crippen LogP contribution in [0.1, 0.15) is 91.4 Å². The summed E-state index contributed by atoms with van der Waals surface area (Å²) in [5.41, 5.74) is 0.625. The van der Waals surface area contributed by atoms with E-state index >= 15 is 0 Å². The molecule has 0 aromatic carbocycles. The van der Waals surface area contributed by atoms with Gasteiger partial charge in [-0.3, -0.25) is 14.1 Å². The normalized spacial score (nSPS) is 39.1. The Morgan fingerprint density at radius 3 is 2.47 bits per heavy atom. The first-order valence-corrected chi connectivity index (χ1v) is 15.9. The topological polar surface area (TPSA) is 112 Å². The fraction of sp³-hybridized carbons (Fsp3) is 0.929. The molecule has 206 valence electrons. The molecule has 4 fully saturated rings. The van der Waals surface area contributed by atoms with Crippen LogP contribution >= 0.6 is 0 Å². The van der Waals surface area contributed by atoms with E-state index in [-0.39, 0.29) is 25.6 Å². The van der Waals surface area contributed by atoms with Crippen molar-refractivity contribution in [3.63, 3.8) is 0 Å². The molecule has 4 aliphatic carbocycles. The summed E-state index contributed by atoms with van der Waals surface area (Å²) in [5, 5.41) is 9.30. The van der Waals surface area contributed by atoms with Gasteiger partial charge in [0.1, 0.15) is 5.78 Å². The van der Waals surface area contributed by atoms with E-state index in [2.05, 4.69) is 20.8 Å². The Bertz CT molecular complexity index is 936. The number of ketones is 1. The minimum absolute atomic E-state index is 0.0837. The summed E-state index contributed by atoms with van der Waals surface area (Å²) in [6.07, 6.45) is 11.2. The van der Waals surface area contributed by atoms with Crippen LogP contribution < -0.4 is 0 Å². The summed E-state index contributed by atoms with van der Waals surface area (Å²) in [6.45, 7) is 7.03. The molecule has 8 unspecified atom stereocenters. The van der Waals surface area contributed by atoms with Gasteiger partial charge in [0.2, 0.25) is 5.91 Å². The molecule has 0 aromatic rings. The standard InChI is InChI=1S/C28H47NO6S/c1-19(4-9-26(32)29(14-16-30)15-17-36(33,34)35)23-7-8-24-22-6-5-20-18-21(31)10-12-27(20,2)25(22)11-13-28(23,24)3/h19-20,22-25,30H,4-18H2,1-3H3,(H,33,34,35). The summed E-state index contributed by atoms with van der Waals surface area (Å²) < 4.78 is 31.3. The highest BCUT2D eigenvalue weighted by Crippen LogP contribution is 2.68. The number of hydrogen-bond acceptors (Lipinski definition) is 5. The molecule has 0 aliphatic heterocycles. The van der Waals surface area contributed by atoms with Crippen molar-refractivity contribution in [2.75, 3.05) is 25.4 Å². The molecule has 0 radical (unpaired) electrons. The zero-order valence-corrected chi connectivity index (χ0v) is 23.3. The first kappa shape index (κ1) is 28.0. The Kier molecular flexibility index (Phi) is 8.29. The molecule has 0 saturated heterocycles. The summed E-state index contributed by atoms with van der Waals surface area (Å²) >= 11 is 0. The van der Waals surface area contributed by atoms with Crippen LogP contribution in [-0.4, -0.2) is 60.1 Å². The van der Waals surface area contributed by atoms with Crippen molar-refractivity contribution >= 4 is 21.8 Å². The molecule has 0 heterocycles. The fourth-order valence-electron chi connectivity index (χ4n) is 9.44. The highest BCUT2D eigenvalue weighted by atomic mass is 32.2. The fourth-order valence-corrected chi connectivity index (χ4v) is 9.89. The molecule has 7 nitrogen and oxygen atoms in total. The number of fused-ring (bicyclic) bond motifs is 5. The van der Waals surface area contributed by atoms with E-state index < -0.39 is 15.9 Å². The highest BCUT2D eigenvalue weighted by Gasteiger charge is 2.60. The molecule has 4 saturated carbocycles. The Balaban J connectivity index is 1.38. The second-order valence-corrected chi connectivity index (χ2v) is 14.6. The molecular formula is C28H47NO6S. The van der Waals surface area contributed by atoms with E-state index in [1.165, 1.54) is 43.4 Å². The predicted octanol–water partition coefficient (Wildman–Crippen LogP) is 4.34. The molecule has 0 bridgehead atoms. The third kappa shape index (κ3) is 5.42. The molecule has 1 amide bonds. The second-order valence-electron chi connectivity index (χ2n) is 13.0. The lowest BCUT2D eigenvalue weighted by molar-refractivity contribution is -0.140. The summed E-state index contributed by atoms with van der Waals surface area (Å²) in [7, 11) is -4.15. The summed E-state index contributed by atoms with van der Waals surface area (Å²) in [4.78, 5) is 26.3. The van der Waals surface area contributed by atoms with E-state index in [4.69, 9.17) is 4.55 Å². The van der Waals surface area contributed by atoms with Gasteiger partial charge in [0, 0.05) is 32.4 Å². The lowest BCUT2D eigenvalue weighted by Gasteiger charge is -2.60. The van der Waals surface area contributed by atoms with Gasteiger partial charge < -0.3 is 10.0 Å². The minimum atomic E-state index is -4.15. The molecule has 8 atom stereocenters. The average Bonchev–Trinajstić information content (AvgIpc) is 3.17. The average molecular weight is 526 g/mol. The predicted molar refractivity (Wildman–Crippen MR) is 139 cm³/mol. The van der Waals surface area contributed by atoms with Crippen LogP contribution in [0.3, 0.4) is 0 Å². The maximum Gasteiger partial charge on any atom is 0.266 e. The first-order valence-electron chi connectivity index (χ1n) is 14.2. The Morgan fingerprint density at radius 2 is 1.78 bits per heavy atom. The maximum absolute atomic E-state index is 12.8. The quantitative estimate of drug-likeness (QED) is 0.433. The van der Waals surface area contributed by atoms with Crippen molar-refractivity contribution in [3.8, 4) is 0 Å². The molecule has 0 spiro atoms. The first-order chi connectivity index (χ1) is 16.9. The van der Waals surface area contributed by atoms with Crippen LogP contribution in [0, 0.1) is 46.3 Å². The Labute approximate surface area is 217 Å². The largest absolute Gasteiger partial charge is 0.395 e. The second kappa shape index (κ2) is 10.6. The summed E-state index contributed by atoms with van der Waals surface area (Å²) in [5.74, 6) is 3.61. The zero-order chi connectivity index (χ0) is 26.3. The van der Waals surface area contributed by atoms with Gasteiger partial charge in [0.05, 0.1) is 12.4 Å². The van der Waals surface area contributed by atoms with Crippen molar-refractivity contribution in [1.29, 1.82) is 0 Å². The van der Waals surface area contributed by atoms with E-state index in [1.807, 2.05) is 0 Å². The van der Waals surface area contributed by atoms with Crippen molar-refractivity contribution < 1.29 is 27.7 Å². The van der Waals surface area contributed by atoms with Gasteiger partial charge in [-0.25, -0.2) is 0 Å². The van der Waals surface area contributed by atoms with Crippen LogP contribution in [0.4, 0.5) is 0 Å². The molecule has 0 aromatic heterocycles. The molecule has 2 N–H and O–H groups in total. The van der Waals surface area contributed by atoms with E-state index in [9.17, 15) is 23.1 Å². The van der Waals surface area contributed by atoms with Gasteiger partial charge in [-0.05, 0) is 97.7 Å². The lowest BCUT2D eigenvalue weighted by Crippen LogP contribution is -2.53. The van der Waals surface area contributed by atoms with Crippen molar-refractivity contribution in [1.82, 2.24) is 4.90 Å². The van der Waals surface area contributed by atoms with Crippen LogP contribution in [0.25, 0.3) is 0 Å². The van der Waals surface area contributed by atoms with Crippen LogP contribution in [0.15, 0.2) is 0 Å². The van der Waals surface area contributed by atoms with Gasteiger partial charge in [-0.1, -0.05) is 20.8 Å². The third-order valence-electron chi connectivity index (χ3n) is 11.4. The van der Waals surface area contributed by atoms with Gasteiger partial charge in [0.25, 0.3) is 10.1 Å². The van der Waals surface area contributed by atoms with E-state index in [1.54, 1.807) is 0 Å². The maximum atomic E-state index is 12.8. The number of aliphatic hydroxyl groups is 1. The van der Waals surface area contributed by atoms with E-state index in [0.717, 1.165) is 43.4 Å². The number of aliphatic hydroxyl groups excluding tert-OH is 1. The van der Waals surface area contributed by atoms with Crippen molar-refractivity contribution in [3.05, 3.63) is 0 Å². The van der Waals surface area contributed by atoms with Crippen molar-refractivity contribution in [2.24, 2.45) is 46.3 Å². The molecule has 4 rings (SSSR count). The Morgan fingerprint density at radius 1 is 1.06 bits per heavy atom. The monoisotopic (exact) mass is 525 g/mol. The zero-order valence-electron chi connectivity index (χ0n) is 22.5. The lowest BCUT2D eigenvalue weighted by atomic mass is 9.44. The number of hydrogen-bond donors (Lipinski definition) is 2. The van der Waals surface area contributed by atoms with Gasteiger partial charge in [0.15, 0.2) is 0 Å².